The molecule has 1 aromatic heterocycles. The van der Waals surface area contributed by atoms with Gasteiger partial charge in [-0.15, -0.1) is 0 Å². The molecule has 0 radical (unpaired) electrons. The lowest BCUT2D eigenvalue weighted by atomic mass is 9.46. The normalized spacial score (nSPS) is 42.6. The average molecular weight is 342 g/mol. The number of carbonyl (C=O) groups is 2. The van der Waals surface area contributed by atoms with Crippen molar-refractivity contribution in [3.8, 4) is 0 Å². The summed E-state index contributed by atoms with van der Waals surface area (Å²) in [6, 6.07) is 1.87. The molecule has 3 fully saturated rings. The first-order valence-electron chi connectivity index (χ1n) is 9.19. The number of furan rings is 1. The van der Waals surface area contributed by atoms with Crippen molar-refractivity contribution in [2.45, 2.75) is 45.1 Å². The Morgan fingerprint density at radius 1 is 1.24 bits per heavy atom. The molecule has 0 unspecified atom stereocenters. The van der Waals surface area contributed by atoms with Crippen molar-refractivity contribution < 1.29 is 23.5 Å². The highest BCUT2D eigenvalue weighted by Crippen LogP contribution is 2.67. The first-order valence-corrected chi connectivity index (χ1v) is 9.19. The summed E-state index contributed by atoms with van der Waals surface area (Å²) < 4.78 is 16.5. The van der Waals surface area contributed by atoms with Gasteiger partial charge in [-0.2, -0.15) is 0 Å². The molecule has 2 aliphatic carbocycles. The first-order chi connectivity index (χ1) is 12.1. The molecule has 1 saturated carbocycles. The zero-order valence-corrected chi connectivity index (χ0v) is 14.3. The van der Waals surface area contributed by atoms with Crippen molar-refractivity contribution >= 4 is 11.9 Å². The van der Waals surface area contributed by atoms with Gasteiger partial charge in [0.1, 0.15) is 12.7 Å². The summed E-state index contributed by atoms with van der Waals surface area (Å²) in [5, 5.41) is 0. The van der Waals surface area contributed by atoms with E-state index < -0.39 is 5.41 Å². The number of allylic oxidation sites excluding steroid dienone is 1. The van der Waals surface area contributed by atoms with Gasteiger partial charge in [-0.25, -0.2) is 4.79 Å². The third kappa shape index (κ3) is 1.79. The van der Waals surface area contributed by atoms with E-state index in [2.05, 4.69) is 6.92 Å². The van der Waals surface area contributed by atoms with Gasteiger partial charge < -0.3 is 13.9 Å². The van der Waals surface area contributed by atoms with Gasteiger partial charge in [0.25, 0.3) is 0 Å². The summed E-state index contributed by atoms with van der Waals surface area (Å²) in [6.45, 7) is 2.59. The van der Waals surface area contributed by atoms with Crippen LogP contribution in [0.3, 0.4) is 0 Å². The molecule has 25 heavy (non-hydrogen) atoms. The summed E-state index contributed by atoms with van der Waals surface area (Å²) in [4.78, 5) is 25.4. The monoisotopic (exact) mass is 342 g/mol. The minimum atomic E-state index is -0.534. The van der Waals surface area contributed by atoms with Crippen LogP contribution in [0.25, 0.3) is 0 Å². The lowest BCUT2D eigenvalue weighted by Crippen LogP contribution is -2.55. The van der Waals surface area contributed by atoms with Gasteiger partial charge in [0.2, 0.25) is 0 Å². The van der Waals surface area contributed by atoms with Crippen LogP contribution in [0.5, 0.6) is 0 Å². The lowest BCUT2D eigenvalue weighted by molar-refractivity contribution is -0.162. The molecule has 2 saturated heterocycles. The highest BCUT2D eigenvalue weighted by molar-refractivity contribution is 5.93. The Kier molecular flexibility index (Phi) is 3.04. The largest absolute Gasteiger partial charge is 0.472 e. The summed E-state index contributed by atoms with van der Waals surface area (Å²) in [6.07, 6.45) is 9.31. The van der Waals surface area contributed by atoms with Crippen molar-refractivity contribution in [2.24, 2.45) is 22.7 Å². The van der Waals surface area contributed by atoms with Crippen molar-refractivity contribution in [2.75, 3.05) is 6.61 Å². The molecule has 2 aliphatic heterocycles. The number of rotatable bonds is 1. The molecule has 0 aromatic carbocycles. The third-order valence-electron chi connectivity index (χ3n) is 7.28. The predicted molar refractivity (Wildman–Crippen MR) is 87.2 cm³/mol. The number of hydrogen-bond acceptors (Lipinski definition) is 5. The van der Waals surface area contributed by atoms with Crippen LogP contribution >= 0.6 is 0 Å². The van der Waals surface area contributed by atoms with E-state index >= 15 is 0 Å². The molecule has 0 amide bonds. The maximum Gasteiger partial charge on any atom is 0.334 e. The molecule has 5 heteroatoms. The summed E-state index contributed by atoms with van der Waals surface area (Å²) in [7, 11) is 0. The Morgan fingerprint density at radius 3 is 2.92 bits per heavy atom. The molecule has 5 atom stereocenters. The molecule has 2 spiro atoms. The fraction of sp³-hybridized carbons (Fsp3) is 0.600. The Hall–Kier alpha value is -2.04. The van der Waals surface area contributed by atoms with Gasteiger partial charge in [-0.3, -0.25) is 4.79 Å². The minimum Gasteiger partial charge on any atom is -0.472 e. The molecule has 5 nitrogen and oxygen atoms in total. The smallest absolute Gasteiger partial charge is 0.334 e. The minimum absolute atomic E-state index is 0.101. The van der Waals surface area contributed by atoms with Crippen LogP contribution < -0.4 is 0 Å². The predicted octanol–water partition coefficient (Wildman–Crippen LogP) is 3.56. The fourth-order valence-corrected chi connectivity index (χ4v) is 6.01. The maximum absolute atomic E-state index is 13.2. The van der Waals surface area contributed by atoms with Gasteiger partial charge in [0, 0.05) is 23.0 Å². The van der Waals surface area contributed by atoms with Gasteiger partial charge in [0.05, 0.1) is 17.9 Å². The molecular formula is C20H22O5. The van der Waals surface area contributed by atoms with Crippen LogP contribution in [-0.2, 0) is 19.1 Å². The zero-order chi connectivity index (χ0) is 17.2. The number of cyclic esters (lactones) is 2. The number of carbonyl (C=O) groups excluding carboxylic acids is 2. The van der Waals surface area contributed by atoms with Gasteiger partial charge >= 0.3 is 11.9 Å². The zero-order valence-electron chi connectivity index (χ0n) is 14.3. The molecule has 3 heterocycles. The van der Waals surface area contributed by atoms with Crippen LogP contribution in [0, 0.1) is 22.7 Å². The van der Waals surface area contributed by atoms with E-state index in [0.717, 1.165) is 36.8 Å². The Morgan fingerprint density at radius 2 is 2.12 bits per heavy atom. The SMILES string of the molecule is C[C@H]1CC[C@@]23COC(=O)C2=CCC[C@@H]3[C@@]12C[C@H](c1ccoc1)OC2=O. The van der Waals surface area contributed by atoms with Gasteiger partial charge in [-0.05, 0) is 43.6 Å². The molecule has 0 N–H and O–H groups in total. The molecule has 1 aromatic rings. The summed E-state index contributed by atoms with van der Waals surface area (Å²) >= 11 is 0. The molecule has 132 valence electrons. The Balaban J connectivity index is 1.59. The maximum atomic E-state index is 13.2. The Labute approximate surface area is 146 Å². The number of fused-ring (bicyclic) bond motifs is 1. The van der Waals surface area contributed by atoms with Crippen molar-refractivity contribution in [3.63, 3.8) is 0 Å². The van der Waals surface area contributed by atoms with Crippen molar-refractivity contribution in [3.05, 3.63) is 35.8 Å². The van der Waals surface area contributed by atoms with E-state index in [1.807, 2.05) is 12.1 Å². The second-order valence-electron chi connectivity index (χ2n) is 8.11. The quantitative estimate of drug-likeness (QED) is 0.730. The lowest BCUT2D eigenvalue weighted by Gasteiger charge is -2.54. The van der Waals surface area contributed by atoms with Gasteiger partial charge in [-0.1, -0.05) is 13.0 Å². The Bertz CT molecular complexity index is 763. The molecule has 0 bridgehead atoms. The van der Waals surface area contributed by atoms with E-state index in [1.165, 1.54) is 0 Å². The van der Waals surface area contributed by atoms with Crippen LogP contribution in [0.2, 0.25) is 0 Å². The summed E-state index contributed by atoms with van der Waals surface area (Å²) in [5.74, 6) is 0.0604. The molecular weight excluding hydrogens is 320 g/mol. The van der Waals surface area contributed by atoms with Crippen LogP contribution in [0.4, 0.5) is 0 Å². The topological polar surface area (TPSA) is 65.7 Å². The number of esters is 2. The van der Waals surface area contributed by atoms with Crippen molar-refractivity contribution in [1.82, 2.24) is 0 Å². The fourth-order valence-electron chi connectivity index (χ4n) is 6.01. The highest BCUT2D eigenvalue weighted by atomic mass is 16.6. The third-order valence-corrected chi connectivity index (χ3v) is 7.28. The van der Waals surface area contributed by atoms with E-state index in [9.17, 15) is 9.59 Å². The average Bonchev–Trinajstić information content (AvgIpc) is 3.31. The second kappa shape index (κ2) is 4.99. The van der Waals surface area contributed by atoms with E-state index in [0.29, 0.717) is 13.0 Å². The van der Waals surface area contributed by atoms with E-state index in [1.54, 1.807) is 12.5 Å². The second-order valence-corrected chi connectivity index (χ2v) is 8.11. The first kappa shape index (κ1) is 15.2. The summed E-state index contributed by atoms with van der Waals surface area (Å²) in [5.41, 5.74) is 0.900. The van der Waals surface area contributed by atoms with Gasteiger partial charge in [0.15, 0.2) is 0 Å². The standard InChI is InChI=1S/C20H22O5/c1-12-5-7-19-11-24-17(21)14(19)3-2-4-16(19)20(12)9-15(25-18(20)22)13-6-8-23-10-13/h3,6,8,10,12,15-16H,2,4-5,7,9,11H2,1H3/t12-,15+,16-,19+,20+/m0/s1. The van der Waals surface area contributed by atoms with E-state index in [-0.39, 0.29) is 35.3 Å². The van der Waals surface area contributed by atoms with Crippen LogP contribution in [0.15, 0.2) is 34.7 Å². The van der Waals surface area contributed by atoms with E-state index in [4.69, 9.17) is 13.9 Å². The number of hydrogen-bond donors (Lipinski definition) is 0. The highest BCUT2D eigenvalue weighted by Gasteiger charge is 2.68. The van der Waals surface area contributed by atoms with Crippen LogP contribution in [0.1, 0.15) is 50.7 Å². The molecule has 5 rings (SSSR count). The van der Waals surface area contributed by atoms with Crippen molar-refractivity contribution in [1.29, 1.82) is 0 Å². The number of ether oxygens (including phenoxy) is 2. The van der Waals surface area contributed by atoms with Crippen LogP contribution in [-0.4, -0.2) is 18.5 Å². The molecule has 4 aliphatic rings.